The number of anilines is 1. The number of pyridine rings is 1. The smallest absolute Gasteiger partial charge is 0.339 e. The molecule has 20 heavy (non-hydrogen) atoms. The number of aromatic nitrogens is 1. The zero-order chi connectivity index (χ0) is 14.5. The molecule has 5 nitrogen and oxygen atoms in total. The first-order chi connectivity index (χ1) is 9.58. The number of hydrogen-bond donors (Lipinski definition) is 2. The molecule has 2 N–H and O–H groups in total. The Morgan fingerprint density at radius 2 is 1.95 bits per heavy atom. The first kappa shape index (κ1) is 13.7. The van der Waals surface area contributed by atoms with Crippen molar-refractivity contribution in [3.63, 3.8) is 0 Å². The highest BCUT2D eigenvalue weighted by Gasteiger charge is 2.14. The van der Waals surface area contributed by atoms with Crippen LogP contribution >= 0.6 is 0 Å². The maximum Gasteiger partial charge on any atom is 0.339 e. The molecule has 0 saturated heterocycles. The van der Waals surface area contributed by atoms with Gasteiger partial charge in [-0.3, -0.25) is 4.79 Å². The molecule has 0 spiro atoms. The molecule has 1 aromatic carbocycles. The van der Waals surface area contributed by atoms with Crippen molar-refractivity contribution in [1.82, 2.24) is 4.98 Å². The van der Waals surface area contributed by atoms with Gasteiger partial charge in [0.25, 0.3) is 0 Å². The second kappa shape index (κ2) is 5.92. The molecule has 1 aromatic heterocycles. The Morgan fingerprint density at radius 3 is 2.65 bits per heavy atom. The number of halogens is 1. The Labute approximate surface area is 114 Å². The lowest BCUT2D eigenvalue weighted by molar-refractivity contribution is -0.115. The van der Waals surface area contributed by atoms with E-state index in [1.54, 1.807) is 6.07 Å². The number of benzene rings is 1. The Balaban J connectivity index is 2.13. The lowest BCUT2D eigenvalue weighted by atomic mass is 10.1. The van der Waals surface area contributed by atoms with Crippen LogP contribution in [0.15, 0.2) is 42.6 Å². The second-order valence-corrected chi connectivity index (χ2v) is 4.02. The van der Waals surface area contributed by atoms with Crippen molar-refractivity contribution >= 4 is 17.7 Å². The van der Waals surface area contributed by atoms with Crippen LogP contribution in [-0.2, 0) is 11.2 Å². The number of rotatable bonds is 4. The minimum absolute atomic E-state index is 0.0543. The van der Waals surface area contributed by atoms with Crippen molar-refractivity contribution in [3.05, 3.63) is 59.5 Å². The highest BCUT2D eigenvalue weighted by molar-refractivity contribution is 5.99. The predicted molar refractivity (Wildman–Crippen MR) is 69.9 cm³/mol. The fourth-order valence-electron chi connectivity index (χ4n) is 1.67. The van der Waals surface area contributed by atoms with E-state index in [0.717, 1.165) is 0 Å². The van der Waals surface area contributed by atoms with Gasteiger partial charge in [0.1, 0.15) is 17.2 Å². The van der Waals surface area contributed by atoms with E-state index >= 15 is 0 Å². The maximum absolute atomic E-state index is 13.4. The normalized spacial score (nSPS) is 10.1. The average molecular weight is 274 g/mol. The summed E-state index contributed by atoms with van der Waals surface area (Å²) in [6, 6.07) is 8.68. The first-order valence-electron chi connectivity index (χ1n) is 5.79. The lowest BCUT2D eigenvalue weighted by Crippen LogP contribution is -2.18. The third-order valence-corrected chi connectivity index (χ3v) is 2.60. The van der Waals surface area contributed by atoms with Crippen LogP contribution in [-0.4, -0.2) is 22.0 Å². The van der Waals surface area contributed by atoms with Crippen LogP contribution in [0.5, 0.6) is 0 Å². The summed E-state index contributed by atoms with van der Waals surface area (Å²) in [4.78, 5) is 26.6. The molecule has 6 heteroatoms. The van der Waals surface area contributed by atoms with Gasteiger partial charge in [-0.2, -0.15) is 0 Å². The summed E-state index contributed by atoms with van der Waals surface area (Å²) in [5, 5.41) is 11.3. The average Bonchev–Trinajstić information content (AvgIpc) is 2.41. The predicted octanol–water partition coefficient (Wildman–Crippen LogP) is 2.10. The van der Waals surface area contributed by atoms with Crippen molar-refractivity contribution in [2.75, 3.05) is 5.32 Å². The van der Waals surface area contributed by atoms with Gasteiger partial charge in [0.15, 0.2) is 0 Å². The Morgan fingerprint density at radius 1 is 1.20 bits per heavy atom. The lowest BCUT2D eigenvalue weighted by Gasteiger charge is -2.07. The molecule has 2 rings (SSSR count). The number of carboxylic acids is 1. The van der Waals surface area contributed by atoms with Crippen LogP contribution in [0.2, 0.25) is 0 Å². The minimum atomic E-state index is -1.20. The first-order valence-corrected chi connectivity index (χ1v) is 5.79. The van der Waals surface area contributed by atoms with E-state index in [0.29, 0.717) is 0 Å². The molecule has 102 valence electrons. The van der Waals surface area contributed by atoms with Crippen molar-refractivity contribution in [3.8, 4) is 0 Å². The molecule has 0 aliphatic carbocycles. The number of carbonyl (C=O) groups is 2. The van der Waals surface area contributed by atoms with Gasteiger partial charge < -0.3 is 10.4 Å². The van der Waals surface area contributed by atoms with Gasteiger partial charge in [-0.25, -0.2) is 14.2 Å². The number of carboxylic acid groups (broad SMARTS) is 1. The fourth-order valence-corrected chi connectivity index (χ4v) is 1.67. The highest BCUT2D eigenvalue weighted by Crippen LogP contribution is 2.13. The van der Waals surface area contributed by atoms with E-state index in [4.69, 9.17) is 5.11 Å². The molecule has 0 bridgehead atoms. The van der Waals surface area contributed by atoms with Crippen molar-refractivity contribution in [2.24, 2.45) is 0 Å². The van der Waals surface area contributed by atoms with E-state index in [1.807, 2.05) is 0 Å². The van der Waals surface area contributed by atoms with Crippen LogP contribution in [0.4, 0.5) is 10.2 Å². The van der Waals surface area contributed by atoms with Gasteiger partial charge in [0.05, 0.1) is 6.42 Å². The number of nitrogens with one attached hydrogen (secondary N) is 1. The van der Waals surface area contributed by atoms with E-state index in [9.17, 15) is 14.0 Å². The maximum atomic E-state index is 13.4. The molecule has 0 fully saturated rings. The van der Waals surface area contributed by atoms with Gasteiger partial charge in [-0.1, -0.05) is 18.2 Å². The third kappa shape index (κ3) is 3.17. The standard InChI is InChI=1S/C14H11FN2O3/c15-11-6-2-1-4-9(11)8-12(18)17-13-10(14(19)20)5-3-7-16-13/h1-7H,8H2,(H,19,20)(H,16,17,18). The molecule has 0 saturated carbocycles. The third-order valence-electron chi connectivity index (χ3n) is 2.60. The van der Waals surface area contributed by atoms with Crippen molar-refractivity contribution in [2.45, 2.75) is 6.42 Å². The Kier molecular flexibility index (Phi) is 4.05. The molecule has 0 unspecified atom stereocenters. The number of aromatic carboxylic acids is 1. The molecule has 2 aromatic rings. The molecular formula is C14H11FN2O3. The van der Waals surface area contributed by atoms with Gasteiger partial charge in [-0.05, 0) is 23.8 Å². The summed E-state index contributed by atoms with van der Waals surface area (Å²) in [7, 11) is 0. The zero-order valence-electron chi connectivity index (χ0n) is 10.3. The molecule has 1 amide bonds. The summed E-state index contributed by atoms with van der Waals surface area (Å²) < 4.78 is 13.4. The summed E-state index contributed by atoms with van der Waals surface area (Å²) >= 11 is 0. The van der Waals surface area contributed by atoms with Crippen molar-refractivity contribution < 1.29 is 19.1 Å². The number of hydrogen-bond acceptors (Lipinski definition) is 3. The van der Waals surface area contributed by atoms with Crippen LogP contribution in [0, 0.1) is 5.82 Å². The van der Waals surface area contributed by atoms with Crippen LogP contribution in [0.3, 0.4) is 0 Å². The molecule has 0 radical (unpaired) electrons. The summed E-state index contributed by atoms with van der Waals surface area (Å²) in [6.07, 6.45) is 1.17. The zero-order valence-corrected chi connectivity index (χ0v) is 10.3. The van der Waals surface area contributed by atoms with E-state index in [2.05, 4.69) is 10.3 Å². The van der Waals surface area contributed by atoms with Gasteiger partial charge >= 0.3 is 5.97 Å². The van der Waals surface area contributed by atoms with Crippen LogP contribution in [0.25, 0.3) is 0 Å². The SMILES string of the molecule is O=C(Cc1ccccc1F)Nc1ncccc1C(=O)O. The largest absolute Gasteiger partial charge is 0.478 e. The van der Waals surface area contributed by atoms with Gasteiger partial charge in [-0.15, -0.1) is 0 Å². The molecule has 0 aliphatic heterocycles. The van der Waals surface area contributed by atoms with E-state index in [-0.39, 0.29) is 23.4 Å². The fraction of sp³-hybridized carbons (Fsp3) is 0.0714. The highest BCUT2D eigenvalue weighted by atomic mass is 19.1. The molecule has 1 heterocycles. The van der Waals surface area contributed by atoms with Gasteiger partial charge in [0.2, 0.25) is 5.91 Å². The Hall–Kier alpha value is -2.76. The number of amides is 1. The molecule has 0 atom stereocenters. The monoisotopic (exact) mass is 274 g/mol. The topological polar surface area (TPSA) is 79.3 Å². The molecular weight excluding hydrogens is 263 g/mol. The quantitative estimate of drug-likeness (QED) is 0.894. The minimum Gasteiger partial charge on any atom is -0.478 e. The van der Waals surface area contributed by atoms with E-state index < -0.39 is 17.7 Å². The van der Waals surface area contributed by atoms with Crippen LogP contribution < -0.4 is 5.32 Å². The summed E-state index contributed by atoms with van der Waals surface area (Å²) in [5.41, 5.74) is 0.118. The second-order valence-electron chi connectivity index (χ2n) is 4.02. The number of carbonyl (C=O) groups excluding carboxylic acids is 1. The Bertz CT molecular complexity index is 658. The summed E-state index contributed by atoms with van der Waals surface area (Å²) in [6.45, 7) is 0. The van der Waals surface area contributed by atoms with Crippen LogP contribution in [0.1, 0.15) is 15.9 Å². The number of nitrogens with zero attached hydrogens (tertiary/aromatic N) is 1. The molecule has 0 aliphatic rings. The summed E-state index contributed by atoms with van der Waals surface area (Å²) in [5.74, 6) is -2.26. The van der Waals surface area contributed by atoms with Crippen molar-refractivity contribution in [1.29, 1.82) is 0 Å². The van der Waals surface area contributed by atoms with E-state index in [1.165, 1.54) is 36.5 Å². The van der Waals surface area contributed by atoms with Gasteiger partial charge in [0, 0.05) is 6.20 Å².